The molecule has 1 aromatic rings. The molecule has 3 atom stereocenters. The number of hydrogen-bond acceptors (Lipinski definition) is 4. The SMILES string of the molecule is Cc1ccccc1C(=O)N1C[C@@H](OCCN(C)C)[C@H]2OCCC[C@H]21. The molecule has 0 aliphatic carbocycles. The molecule has 2 saturated heterocycles. The van der Waals surface area contributed by atoms with Crippen molar-refractivity contribution in [3.8, 4) is 0 Å². The van der Waals surface area contributed by atoms with Crippen molar-refractivity contribution >= 4 is 5.91 Å². The van der Waals surface area contributed by atoms with Gasteiger partial charge >= 0.3 is 0 Å². The number of carbonyl (C=O) groups excluding carboxylic acids is 1. The summed E-state index contributed by atoms with van der Waals surface area (Å²) in [6, 6.07) is 7.93. The van der Waals surface area contributed by atoms with Crippen LogP contribution in [-0.4, -0.2) is 74.4 Å². The van der Waals surface area contributed by atoms with Crippen LogP contribution in [-0.2, 0) is 9.47 Å². The van der Waals surface area contributed by atoms with E-state index in [-0.39, 0.29) is 24.2 Å². The monoisotopic (exact) mass is 332 g/mol. The molecule has 2 aliphatic heterocycles. The number of nitrogens with zero attached hydrogens (tertiary/aromatic N) is 2. The van der Waals surface area contributed by atoms with Gasteiger partial charge in [-0.2, -0.15) is 0 Å². The van der Waals surface area contributed by atoms with E-state index in [1.54, 1.807) is 0 Å². The van der Waals surface area contributed by atoms with Crippen molar-refractivity contribution in [3.63, 3.8) is 0 Å². The van der Waals surface area contributed by atoms with Gasteiger partial charge in [-0.15, -0.1) is 0 Å². The third kappa shape index (κ3) is 3.63. The summed E-state index contributed by atoms with van der Waals surface area (Å²) >= 11 is 0. The Bertz CT molecular complexity index is 575. The van der Waals surface area contributed by atoms with Crippen LogP contribution in [0, 0.1) is 6.92 Å². The number of fused-ring (bicyclic) bond motifs is 1. The fourth-order valence-corrected chi connectivity index (χ4v) is 3.64. The fraction of sp³-hybridized carbons (Fsp3) is 0.632. The Morgan fingerprint density at radius 3 is 2.92 bits per heavy atom. The van der Waals surface area contributed by atoms with Crippen LogP contribution in [0.25, 0.3) is 0 Å². The lowest BCUT2D eigenvalue weighted by Crippen LogP contribution is -2.44. The number of aryl methyl sites for hydroxylation is 1. The Hall–Kier alpha value is -1.43. The van der Waals surface area contributed by atoms with E-state index in [4.69, 9.17) is 9.47 Å². The lowest BCUT2D eigenvalue weighted by Gasteiger charge is -2.32. The maximum absolute atomic E-state index is 13.1. The van der Waals surface area contributed by atoms with Gasteiger partial charge in [0.1, 0.15) is 12.2 Å². The first-order valence-corrected chi connectivity index (χ1v) is 8.82. The average Bonchev–Trinajstić information content (AvgIpc) is 2.93. The maximum atomic E-state index is 13.1. The van der Waals surface area contributed by atoms with Gasteiger partial charge in [0.15, 0.2) is 0 Å². The van der Waals surface area contributed by atoms with Crippen molar-refractivity contribution in [2.75, 3.05) is 40.4 Å². The molecule has 5 heteroatoms. The molecule has 1 amide bonds. The molecule has 3 rings (SSSR count). The molecule has 0 unspecified atom stereocenters. The maximum Gasteiger partial charge on any atom is 0.254 e. The lowest BCUT2D eigenvalue weighted by atomic mass is 10.0. The minimum absolute atomic E-state index is 0.00822. The van der Waals surface area contributed by atoms with Gasteiger partial charge in [0.2, 0.25) is 0 Å². The molecule has 0 aromatic heterocycles. The Kier molecular flexibility index (Phi) is 5.54. The van der Waals surface area contributed by atoms with Crippen LogP contribution in [0.15, 0.2) is 24.3 Å². The summed E-state index contributed by atoms with van der Waals surface area (Å²) in [6.07, 6.45) is 1.98. The molecule has 24 heavy (non-hydrogen) atoms. The van der Waals surface area contributed by atoms with E-state index in [1.165, 1.54) is 0 Å². The van der Waals surface area contributed by atoms with Crippen molar-refractivity contribution in [1.82, 2.24) is 9.80 Å². The second-order valence-electron chi connectivity index (χ2n) is 7.03. The highest BCUT2D eigenvalue weighted by Crippen LogP contribution is 2.32. The van der Waals surface area contributed by atoms with Crippen LogP contribution >= 0.6 is 0 Å². The molecule has 2 fully saturated rings. The van der Waals surface area contributed by atoms with E-state index >= 15 is 0 Å². The highest BCUT2D eigenvalue weighted by Gasteiger charge is 2.46. The minimum Gasteiger partial charge on any atom is -0.373 e. The molecular formula is C19H28N2O3. The van der Waals surface area contributed by atoms with E-state index in [1.807, 2.05) is 50.2 Å². The largest absolute Gasteiger partial charge is 0.373 e. The third-order valence-electron chi connectivity index (χ3n) is 4.98. The van der Waals surface area contributed by atoms with Gasteiger partial charge < -0.3 is 19.3 Å². The number of benzene rings is 1. The summed E-state index contributed by atoms with van der Waals surface area (Å²) in [5.74, 6) is 0.104. The second-order valence-corrected chi connectivity index (χ2v) is 7.03. The number of likely N-dealkylation sites (N-methyl/N-ethyl adjacent to an activating group) is 1. The van der Waals surface area contributed by atoms with Gasteiger partial charge in [-0.3, -0.25) is 4.79 Å². The van der Waals surface area contributed by atoms with Gasteiger partial charge in [0.05, 0.1) is 19.2 Å². The molecule has 0 spiro atoms. The van der Waals surface area contributed by atoms with E-state index in [2.05, 4.69) is 4.90 Å². The zero-order valence-electron chi connectivity index (χ0n) is 14.9. The van der Waals surface area contributed by atoms with Crippen molar-refractivity contribution in [2.24, 2.45) is 0 Å². The fourth-order valence-electron chi connectivity index (χ4n) is 3.64. The van der Waals surface area contributed by atoms with Crippen LogP contribution in [0.5, 0.6) is 0 Å². The molecular weight excluding hydrogens is 304 g/mol. The highest BCUT2D eigenvalue weighted by molar-refractivity contribution is 5.96. The molecule has 0 saturated carbocycles. The number of ether oxygens (including phenoxy) is 2. The van der Waals surface area contributed by atoms with Crippen LogP contribution in [0.2, 0.25) is 0 Å². The molecule has 2 heterocycles. The zero-order valence-corrected chi connectivity index (χ0v) is 14.9. The summed E-state index contributed by atoms with van der Waals surface area (Å²) in [4.78, 5) is 17.1. The molecule has 1 aromatic carbocycles. The topological polar surface area (TPSA) is 42.0 Å². The van der Waals surface area contributed by atoms with Gasteiger partial charge in [0, 0.05) is 18.7 Å². The smallest absolute Gasteiger partial charge is 0.254 e. The van der Waals surface area contributed by atoms with Crippen molar-refractivity contribution in [3.05, 3.63) is 35.4 Å². The summed E-state index contributed by atoms with van der Waals surface area (Å²) < 4.78 is 12.1. The number of carbonyl (C=O) groups is 1. The Balaban J connectivity index is 1.73. The lowest BCUT2D eigenvalue weighted by molar-refractivity contribution is -0.0776. The average molecular weight is 332 g/mol. The highest BCUT2D eigenvalue weighted by atomic mass is 16.5. The molecule has 0 radical (unpaired) electrons. The van der Waals surface area contributed by atoms with Gasteiger partial charge in [0.25, 0.3) is 5.91 Å². The standard InChI is InChI=1S/C19H28N2O3/c1-14-7-4-5-8-15(14)19(22)21-13-17(23-12-10-20(2)3)18-16(21)9-6-11-24-18/h4-5,7-8,16-18H,6,9-13H2,1-3H3/t16-,17-,18+/m1/s1. The number of hydrogen-bond donors (Lipinski definition) is 0. The van der Waals surface area contributed by atoms with Crippen molar-refractivity contribution in [1.29, 1.82) is 0 Å². The molecule has 132 valence electrons. The van der Waals surface area contributed by atoms with E-state index in [0.29, 0.717) is 13.2 Å². The van der Waals surface area contributed by atoms with Crippen molar-refractivity contribution in [2.45, 2.75) is 38.0 Å². The Morgan fingerprint density at radius 1 is 1.38 bits per heavy atom. The summed E-state index contributed by atoms with van der Waals surface area (Å²) in [5, 5.41) is 0. The van der Waals surface area contributed by atoms with Gasteiger partial charge in [-0.25, -0.2) is 0 Å². The molecule has 5 nitrogen and oxygen atoms in total. The van der Waals surface area contributed by atoms with Crippen LogP contribution in [0.3, 0.4) is 0 Å². The molecule has 2 aliphatic rings. The van der Waals surface area contributed by atoms with Gasteiger partial charge in [-0.05, 0) is 45.5 Å². The predicted molar refractivity (Wildman–Crippen MR) is 93.3 cm³/mol. The van der Waals surface area contributed by atoms with Crippen LogP contribution in [0.1, 0.15) is 28.8 Å². The molecule has 0 N–H and O–H groups in total. The molecule has 0 bridgehead atoms. The van der Waals surface area contributed by atoms with Crippen LogP contribution < -0.4 is 0 Å². The Morgan fingerprint density at radius 2 is 2.17 bits per heavy atom. The third-order valence-corrected chi connectivity index (χ3v) is 4.98. The minimum atomic E-state index is -0.0248. The van der Waals surface area contributed by atoms with E-state index in [0.717, 1.165) is 37.1 Å². The van der Waals surface area contributed by atoms with Crippen LogP contribution in [0.4, 0.5) is 0 Å². The quantitative estimate of drug-likeness (QED) is 0.826. The van der Waals surface area contributed by atoms with E-state index < -0.39 is 0 Å². The number of rotatable bonds is 5. The van der Waals surface area contributed by atoms with Gasteiger partial charge in [-0.1, -0.05) is 18.2 Å². The van der Waals surface area contributed by atoms with E-state index in [9.17, 15) is 4.79 Å². The summed E-state index contributed by atoms with van der Waals surface area (Å²) in [6.45, 7) is 4.91. The summed E-state index contributed by atoms with van der Waals surface area (Å²) in [7, 11) is 4.07. The van der Waals surface area contributed by atoms with Crippen molar-refractivity contribution < 1.29 is 14.3 Å². The zero-order chi connectivity index (χ0) is 17.1. The first kappa shape index (κ1) is 17.4. The second kappa shape index (κ2) is 7.64. The summed E-state index contributed by atoms with van der Waals surface area (Å²) in [5.41, 5.74) is 1.81. The normalized spacial score (nSPS) is 26.7. The predicted octanol–water partition coefficient (Wildman–Crippen LogP) is 1.95. The first-order valence-electron chi connectivity index (χ1n) is 8.82. The number of amides is 1. The Labute approximate surface area is 144 Å². The first-order chi connectivity index (χ1) is 11.6. The number of likely N-dealkylation sites (tertiary alicyclic amines) is 1.